The molecule has 7 nitrogen and oxygen atoms in total. The van der Waals surface area contributed by atoms with Gasteiger partial charge in [-0.05, 0) is 52.5 Å². The van der Waals surface area contributed by atoms with E-state index in [9.17, 15) is 4.79 Å². The summed E-state index contributed by atoms with van der Waals surface area (Å²) in [5.41, 5.74) is 4.13. The van der Waals surface area contributed by atoms with Crippen LogP contribution in [0.5, 0.6) is 5.75 Å². The number of hydrogen-bond acceptors (Lipinski definition) is 6. The van der Waals surface area contributed by atoms with Gasteiger partial charge in [0.25, 0.3) is 5.91 Å². The van der Waals surface area contributed by atoms with Crippen LogP contribution >= 0.6 is 27.3 Å². The fourth-order valence-corrected chi connectivity index (χ4v) is 4.53. The third-order valence-corrected chi connectivity index (χ3v) is 5.85. The van der Waals surface area contributed by atoms with Gasteiger partial charge < -0.3 is 10.1 Å². The lowest BCUT2D eigenvalue weighted by molar-refractivity contribution is -0.123. The Balaban J connectivity index is 1.32. The number of aromatic nitrogens is 4. The minimum absolute atomic E-state index is 0.0342. The molecule has 0 saturated carbocycles. The maximum Gasteiger partial charge on any atom is 0.258 e. The Labute approximate surface area is 179 Å². The number of hydrogen-bond donors (Lipinski definition) is 1. The monoisotopic (exact) mass is 471 g/mol. The van der Waals surface area contributed by atoms with Crippen LogP contribution in [0.25, 0.3) is 15.5 Å². The second-order valence-electron chi connectivity index (χ2n) is 6.62. The molecule has 1 N–H and O–H groups in total. The lowest BCUT2D eigenvalue weighted by Gasteiger charge is -2.12. The van der Waals surface area contributed by atoms with Crippen molar-refractivity contribution in [3.8, 4) is 16.3 Å². The van der Waals surface area contributed by atoms with Crippen LogP contribution in [0.15, 0.2) is 47.2 Å². The molecule has 0 spiro atoms. The number of rotatable bonds is 6. The molecule has 2 aromatic carbocycles. The molecular formula is C20H18BrN5O2S. The van der Waals surface area contributed by atoms with Crippen LogP contribution in [0.3, 0.4) is 0 Å². The van der Waals surface area contributed by atoms with Crippen LogP contribution in [0.1, 0.15) is 16.7 Å². The molecule has 0 radical (unpaired) electrons. The molecule has 0 aliphatic carbocycles. The molecule has 0 atom stereocenters. The average molecular weight is 472 g/mol. The van der Waals surface area contributed by atoms with E-state index in [0.717, 1.165) is 36.7 Å². The van der Waals surface area contributed by atoms with Crippen LogP contribution in [-0.2, 0) is 11.3 Å². The first-order valence-electron chi connectivity index (χ1n) is 8.92. The summed E-state index contributed by atoms with van der Waals surface area (Å²) in [5, 5.41) is 16.0. The molecular weight excluding hydrogens is 454 g/mol. The Morgan fingerprint density at radius 3 is 2.76 bits per heavy atom. The van der Waals surface area contributed by atoms with E-state index in [-0.39, 0.29) is 12.5 Å². The molecule has 29 heavy (non-hydrogen) atoms. The predicted molar refractivity (Wildman–Crippen MR) is 115 cm³/mol. The Morgan fingerprint density at radius 2 is 2.03 bits per heavy atom. The summed E-state index contributed by atoms with van der Waals surface area (Å²) < 4.78 is 8.20. The molecule has 1 amide bonds. The Bertz CT molecular complexity index is 1120. The van der Waals surface area contributed by atoms with Crippen LogP contribution in [0.2, 0.25) is 0 Å². The van der Waals surface area contributed by atoms with Gasteiger partial charge in [0.2, 0.25) is 4.96 Å². The first-order valence-corrected chi connectivity index (χ1v) is 10.5. The van der Waals surface area contributed by atoms with Crippen molar-refractivity contribution in [1.29, 1.82) is 0 Å². The number of benzene rings is 2. The van der Waals surface area contributed by atoms with Gasteiger partial charge >= 0.3 is 0 Å². The molecule has 0 unspecified atom stereocenters. The van der Waals surface area contributed by atoms with E-state index in [2.05, 4.69) is 36.5 Å². The SMILES string of the molecule is Cc1cc(C)c(OCC(=O)NCc2ccc(-c3nn4cnnc4s3)cc2)c(Br)c1. The van der Waals surface area contributed by atoms with Gasteiger partial charge in [-0.15, -0.1) is 10.2 Å². The summed E-state index contributed by atoms with van der Waals surface area (Å²) in [7, 11) is 0. The van der Waals surface area contributed by atoms with Gasteiger partial charge in [0, 0.05) is 12.1 Å². The van der Waals surface area contributed by atoms with E-state index >= 15 is 0 Å². The zero-order chi connectivity index (χ0) is 20.4. The molecule has 0 bridgehead atoms. The normalized spacial score (nSPS) is 11.0. The Kier molecular flexibility index (Phi) is 5.59. The summed E-state index contributed by atoms with van der Waals surface area (Å²) in [5.74, 6) is 0.523. The smallest absolute Gasteiger partial charge is 0.258 e. The largest absolute Gasteiger partial charge is 0.482 e. The number of nitrogens with zero attached hydrogens (tertiary/aromatic N) is 4. The quantitative estimate of drug-likeness (QED) is 0.460. The molecule has 0 aliphatic heterocycles. The highest BCUT2D eigenvalue weighted by atomic mass is 79.9. The van der Waals surface area contributed by atoms with E-state index in [1.165, 1.54) is 11.3 Å². The minimum atomic E-state index is -0.172. The second kappa shape index (κ2) is 8.30. The van der Waals surface area contributed by atoms with E-state index in [0.29, 0.717) is 12.3 Å². The summed E-state index contributed by atoms with van der Waals surface area (Å²) in [6, 6.07) is 11.9. The van der Waals surface area contributed by atoms with E-state index in [1.54, 1.807) is 10.8 Å². The van der Waals surface area contributed by atoms with Crippen molar-refractivity contribution in [3.05, 3.63) is 63.9 Å². The molecule has 0 aliphatic rings. The first-order chi connectivity index (χ1) is 14.0. The molecule has 4 aromatic rings. The summed E-state index contributed by atoms with van der Waals surface area (Å²) in [6.45, 7) is 4.38. The lowest BCUT2D eigenvalue weighted by Crippen LogP contribution is -2.28. The summed E-state index contributed by atoms with van der Waals surface area (Å²) in [6.07, 6.45) is 1.58. The van der Waals surface area contributed by atoms with E-state index in [1.807, 2.05) is 50.2 Å². The molecule has 2 aromatic heterocycles. The number of carbonyl (C=O) groups excluding carboxylic acids is 1. The van der Waals surface area contributed by atoms with Crippen molar-refractivity contribution in [2.24, 2.45) is 0 Å². The highest BCUT2D eigenvalue weighted by Crippen LogP contribution is 2.30. The average Bonchev–Trinajstić information content (AvgIpc) is 3.28. The summed E-state index contributed by atoms with van der Waals surface area (Å²) >= 11 is 4.97. The second-order valence-corrected chi connectivity index (χ2v) is 8.43. The zero-order valence-electron chi connectivity index (χ0n) is 15.8. The van der Waals surface area contributed by atoms with E-state index < -0.39 is 0 Å². The Morgan fingerprint density at radius 1 is 1.24 bits per heavy atom. The number of carbonyl (C=O) groups is 1. The van der Waals surface area contributed by atoms with Gasteiger partial charge in [0.15, 0.2) is 6.61 Å². The topological polar surface area (TPSA) is 81.4 Å². The summed E-state index contributed by atoms with van der Waals surface area (Å²) in [4.78, 5) is 12.9. The van der Waals surface area contributed by atoms with Gasteiger partial charge in [0.05, 0.1) is 4.47 Å². The predicted octanol–water partition coefficient (Wildman–Crippen LogP) is 3.93. The molecule has 2 heterocycles. The van der Waals surface area contributed by atoms with Crippen molar-refractivity contribution >= 4 is 38.1 Å². The fourth-order valence-electron chi connectivity index (χ4n) is 2.92. The van der Waals surface area contributed by atoms with Crippen molar-refractivity contribution in [2.75, 3.05) is 6.61 Å². The van der Waals surface area contributed by atoms with E-state index in [4.69, 9.17) is 4.74 Å². The maximum absolute atomic E-state index is 12.2. The highest BCUT2D eigenvalue weighted by Gasteiger charge is 2.10. The van der Waals surface area contributed by atoms with Gasteiger partial charge in [-0.3, -0.25) is 4.79 Å². The van der Waals surface area contributed by atoms with Gasteiger partial charge in [0.1, 0.15) is 17.1 Å². The molecule has 9 heteroatoms. The van der Waals surface area contributed by atoms with Crippen molar-refractivity contribution < 1.29 is 9.53 Å². The third kappa shape index (κ3) is 4.46. The fraction of sp³-hybridized carbons (Fsp3) is 0.200. The van der Waals surface area contributed by atoms with Crippen LogP contribution in [0.4, 0.5) is 0 Å². The number of nitrogens with one attached hydrogen (secondary N) is 1. The maximum atomic E-state index is 12.2. The highest BCUT2D eigenvalue weighted by molar-refractivity contribution is 9.10. The van der Waals surface area contributed by atoms with Crippen LogP contribution in [0, 0.1) is 13.8 Å². The molecule has 0 saturated heterocycles. The molecule has 4 rings (SSSR count). The Hall–Kier alpha value is -2.78. The van der Waals surface area contributed by atoms with Gasteiger partial charge in [-0.2, -0.15) is 9.61 Å². The standard InChI is InChI=1S/C20H18BrN5O2S/c1-12-7-13(2)18(16(21)8-12)28-10-17(27)22-9-14-3-5-15(6-4-14)19-25-26-11-23-24-20(26)29-19/h3-8,11H,9-10H2,1-2H3,(H,22,27). The lowest BCUT2D eigenvalue weighted by atomic mass is 10.1. The third-order valence-electron chi connectivity index (χ3n) is 4.30. The number of ether oxygens (including phenoxy) is 1. The number of amides is 1. The first kappa shape index (κ1) is 19.5. The van der Waals surface area contributed by atoms with Crippen LogP contribution in [-0.4, -0.2) is 32.3 Å². The molecule has 0 fully saturated rings. The number of aryl methyl sites for hydroxylation is 2. The van der Waals surface area contributed by atoms with Crippen molar-refractivity contribution in [1.82, 2.24) is 25.1 Å². The van der Waals surface area contributed by atoms with Gasteiger partial charge in [-0.1, -0.05) is 41.7 Å². The number of fused-ring (bicyclic) bond motifs is 1. The van der Waals surface area contributed by atoms with Crippen LogP contribution < -0.4 is 10.1 Å². The number of halogens is 1. The van der Waals surface area contributed by atoms with Crippen molar-refractivity contribution in [2.45, 2.75) is 20.4 Å². The zero-order valence-corrected chi connectivity index (χ0v) is 18.2. The van der Waals surface area contributed by atoms with Crippen molar-refractivity contribution in [3.63, 3.8) is 0 Å². The van der Waals surface area contributed by atoms with Gasteiger partial charge in [-0.25, -0.2) is 0 Å². The molecule has 148 valence electrons. The minimum Gasteiger partial charge on any atom is -0.482 e.